The van der Waals surface area contributed by atoms with Crippen LogP contribution in [0.4, 0.5) is 4.39 Å². The lowest BCUT2D eigenvalue weighted by molar-refractivity contribution is -0.115. The molecule has 13 heavy (non-hydrogen) atoms. The molecule has 0 fully saturated rings. The van der Waals surface area contributed by atoms with E-state index < -0.39 is 11.7 Å². The highest BCUT2D eigenvalue weighted by molar-refractivity contribution is 8.00. The minimum atomic E-state index is -0.468. The third kappa shape index (κ3) is 3.24. The van der Waals surface area contributed by atoms with Crippen molar-refractivity contribution in [1.82, 2.24) is 0 Å². The molecule has 1 amide bonds. The van der Waals surface area contributed by atoms with E-state index in [0.717, 1.165) is 4.90 Å². The summed E-state index contributed by atoms with van der Waals surface area (Å²) >= 11 is 6.75. The average Bonchev–Trinajstić information content (AvgIpc) is 2.07. The fourth-order valence-electron chi connectivity index (χ4n) is 0.721. The van der Waals surface area contributed by atoms with Crippen LogP contribution in [-0.4, -0.2) is 11.7 Å². The maximum absolute atomic E-state index is 12.7. The molecule has 70 valence electrons. The van der Waals surface area contributed by atoms with Gasteiger partial charge in [0.25, 0.3) is 0 Å². The van der Waals surface area contributed by atoms with E-state index >= 15 is 0 Å². The highest BCUT2D eigenvalue weighted by Gasteiger charge is 2.02. The number of halogens is 2. The molecular formula is C8H7ClFNOS. The Kier molecular flexibility index (Phi) is 3.57. The molecule has 0 heterocycles. The third-order valence-electron chi connectivity index (χ3n) is 1.27. The predicted molar refractivity (Wildman–Crippen MR) is 51.3 cm³/mol. The van der Waals surface area contributed by atoms with Crippen molar-refractivity contribution in [3.05, 3.63) is 29.0 Å². The van der Waals surface area contributed by atoms with Crippen molar-refractivity contribution in [2.45, 2.75) is 4.90 Å². The second-order valence-corrected chi connectivity index (χ2v) is 3.79. The molecule has 0 aliphatic carbocycles. The van der Waals surface area contributed by atoms with E-state index in [1.807, 2.05) is 0 Å². The van der Waals surface area contributed by atoms with Crippen molar-refractivity contribution in [3.63, 3.8) is 0 Å². The molecule has 2 nitrogen and oxygen atoms in total. The largest absolute Gasteiger partial charge is 0.369 e. The van der Waals surface area contributed by atoms with Crippen LogP contribution in [0, 0.1) is 5.82 Å². The van der Waals surface area contributed by atoms with Gasteiger partial charge >= 0.3 is 0 Å². The number of carbonyl (C=O) groups excluding carboxylic acids is 1. The molecule has 0 radical (unpaired) electrons. The summed E-state index contributed by atoms with van der Waals surface area (Å²) in [6.07, 6.45) is 0. The summed E-state index contributed by atoms with van der Waals surface area (Å²) in [5, 5.41) is 0.0504. The van der Waals surface area contributed by atoms with Gasteiger partial charge in [-0.3, -0.25) is 4.79 Å². The molecule has 0 saturated carbocycles. The van der Waals surface area contributed by atoms with Gasteiger partial charge in [-0.2, -0.15) is 0 Å². The van der Waals surface area contributed by atoms with Gasteiger partial charge in [-0.05, 0) is 18.2 Å². The Morgan fingerprint density at radius 2 is 2.31 bits per heavy atom. The van der Waals surface area contributed by atoms with Crippen molar-refractivity contribution >= 4 is 29.3 Å². The van der Waals surface area contributed by atoms with E-state index in [2.05, 4.69) is 0 Å². The summed E-state index contributed by atoms with van der Waals surface area (Å²) in [5.74, 6) is -0.711. The van der Waals surface area contributed by atoms with Crippen LogP contribution in [0.3, 0.4) is 0 Å². The Hall–Kier alpha value is -0.740. The minimum Gasteiger partial charge on any atom is -0.369 e. The van der Waals surface area contributed by atoms with E-state index in [4.69, 9.17) is 17.3 Å². The number of amides is 1. The fourth-order valence-corrected chi connectivity index (χ4v) is 1.64. The Morgan fingerprint density at radius 1 is 1.62 bits per heavy atom. The molecule has 0 atom stereocenters. The number of rotatable bonds is 3. The minimum absolute atomic E-state index is 0.0504. The zero-order valence-corrected chi connectivity index (χ0v) is 8.16. The lowest BCUT2D eigenvalue weighted by atomic mass is 10.3. The first-order valence-corrected chi connectivity index (χ1v) is 4.82. The van der Waals surface area contributed by atoms with Crippen LogP contribution in [0.2, 0.25) is 5.02 Å². The molecule has 0 unspecified atom stereocenters. The lowest BCUT2D eigenvalue weighted by Gasteiger charge is -1.99. The van der Waals surface area contributed by atoms with Crippen molar-refractivity contribution in [2.24, 2.45) is 5.73 Å². The molecule has 0 aliphatic heterocycles. The standard InChI is InChI=1S/C8H7ClFNOS/c9-6-3-5(1-2-7(6)10)13-4-8(11)12/h1-3H,4H2,(H2,11,12). The summed E-state index contributed by atoms with van der Waals surface area (Å²) in [4.78, 5) is 11.1. The van der Waals surface area contributed by atoms with Gasteiger partial charge in [0, 0.05) is 4.90 Å². The van der Waals surface area contributed by atoms with Crippen LogP contribution in [0.5, 0.6) is 0 Å². The zero-order valence-electron chi connectivity index (χ0n) is 6.59. The van der Waals surface area contributed by atoms with Crippen molar-refractivity contribution in [3.8, 4) is 0 Å². The Bertz CT molecular complexity index is 332. The molecule has 1 aromatic rings. The quantitative estimate of drug-likeness (QED) is 0.791. The first-order valence-electron chi connectivity index (χ1n) is 3.46. The van der Waals surface area contributed by atoms with Crippen molar-refractivity contribution < 1.29 is 9.18 Å². The average molecular weight is 220 g/mol. The van der Waals surface area contributed by atoms with Gasteiger partial charge in [-0.25, -0.2) is 4.39 Å². The molecule has 0 aromatic heterocycles. The molecule has 1 aromatic carbocycles. The number of hydrogen-bond acceptors (Lipinski definition) is 2. The smallest absolute Gasteiger partial charge is 0.227 e. The Balaban J connectivity index is 2.68. The van der Waals surface area contributed by atoms with Gasteiger partial charge in [-0.15, -0.1) is 11.8 Å². The van der Waals surface area contributed by atoms with Gasteiger partial charge in [0.1, 0.15) is 5.82 Å². The summed E-state index contributed by atoms with van der Waals surface area (Å²) in [6.45, 7) is 0. The third-order valence-corrected chi connectivity index (χ3v) is 2.58. The van der Waals surface area contributed by atoms with E-state index in [1.165, 1.54) is 23.9 Å². The van der Waals surface area contributed by atoms with Crippen LogP contribution in [0.1, 0.15) is 0 Å². The van der Waals surface area contributed by atoms with Crippen LogP contribution in [0.15, 0.2) is 23.1 Å². The number of hydrogen-bond donors (Lipinski definition) is 1. The van der Waals surface area contributed by atoms with Crippen LogP contribution in [0.25, 0.3) is 0 Å². The number of primary amides is 1. The van der Waals surface area contributed by atoms with Crippen LogP contribution in [-0.2, 0) is 4.79 Å². The van der Waals surface area contributed by atoms with Crippen LogP contribution < -0.4 is 5.73 Å². The number of thioether (sulfide) groups is 1. The van der Waals surface area contributed by atoms with Gasteiger partial charge in [0.2, 0.25) is 5.91 Å². The first-order chi connectivity index (χ1) is 6.09. The fraction of sp³-hybridized carbons (Fsp3) is 0.125. The molecule has 0 bridgehead atoms. The molecule has 2 N–H and O–H groups in total. The van der Waals surface area contributed by atoms with Gasteiger partial charge in [0.05, 0.1) is 10.8 Å². The Morgan fingerprint density at radius 3 is 2.85 bits per heavy atom. The molecule has 0 aliphatic rings. The second-order valence-electron chi connectivity index (χ2n) is 2.33. The van der Waals surface area contributed by atoms with Gasteiger partial charge < -0.3 is 5.73 Å². The summed E-state index contributed by atoms with van der Waals surface area (Å²) in [5.41, 5.74) is 4.94. The van der Waals surface area contributed by atoms with E-state index in [9.17, 15) is 9.18 Å². The van der Waals surface area contributed by atoms with Crippen molar-refractivity contribution in [2.75, 3.05) is 5.75 Å². The van der Waals surface area contributed by atoms with Gasteiger partial charge in [0.15, 0.2) is 0 Å². The van der Waals surface area contributed by atoms with E-state index in [0.29, 0.717) is 0 Å². The summed E-state index contributed by atoms with van der Waals surface area (Å²) in [6, 6.07) is 4.27. The van der Waals surface area contributed by atoms with Gasteiger partial charge in [-0.1, -0.05) is 11.6 Å². The second kappa shape index (κ2) is 4.48. The Labute approximate surface area is 84.3 Å². The molecule has 5 heteroatoms. The van der Waals surface area contributed by atoms with Crippen molar-refractivity contribution in [1.29, 1.82) is 0 Å². The van der Waals surface area contributed by atoms with E-state index in [1.54, 1.807) is 6.07 Å². The summed E-state index contributed by atoms with van der Waals surface area (Å²) < 4.78 is 12.7. The monoisotopic (exact) mass is 219 g/mol. The predicted octanol–water partition coefficient (Wildman–Crippen LogP) is 2.06. The number of benzene rings is 1. The molecule has 1 rings (SSSR count). The maximum Gasteiger partial charge on any atom is 0.227 e. The zero-order chi connectivity index (χ0) is 9.84. The number of carbonyl (C=O) groups is 1. The topological polar surface area (TPSA) is 43.1 Å². The molecule has 0 spiro atoms. The number of nitrogens with two attached hydrogens (primary N) is 1. The first kappa shape index (κ1) is 10.3. The lowest BCUT2D eigenvalue weighted by Crippen LogP contribution is -2.12. The normalized spacial score (nSPS) is 10.0. The highest BCUT2D eigenvalue weighted by Crippen LogP contribution is 2.23. The SMILES string of the molecule is NC(=O)CSc1ccc(F)c(Cl)c1. The molecule has 0 saturated heterocycles. The van der Waals surface area contributed by atoms with E-state index in [-0.39, 0.29) is 10.8 Å². The molecular weight excluding hydrogens is 213 g/mol. The highest BCUT2D eigenvalue weighted by atomic mass is 35.5. The summed E-state index contributed by atoms with van der Waals surface area (Å²) in [7, 11) is 0. The maximum atomic E-state index is 12.7. The van der Waals surface area contributed by atoms with Crippen LogP contribution >= 0.6 is 23.4 Å².